The van der Waals surface area contributed by atoms with Crippen molar-refractivity contribution in [2.24, 2.45) is 16.8 Å². The average molecular weight is 195 g/mol. The molecule has 3 nitrogen and oxygen atoms in total. The number of hydrogen-bond donors (Lipinski definition) is 1. The van der Waals surface area contributed by atoms with Gasteiger partial charge in [0.15, 0.2) is 0 Å². The van der Waals surface area contributed by atoms with Crippen LogP contribution in [-0.2, 0) is 0 Å². The number of aliphatic imine (C=N–C) groups is 1. The lowest BCUT2D eigenvalue weighted by atomic mass is 9.96. The Kier molecular flexibility index (Phi) is 4.29. The molecule has 0 aliphatic carbocycles. The van der Waals surface area contributed by atoms with Crippen LogP contribution in [0.4, 0.5) is 0 Å². The van der Waals surface area contributed by atoms with Gasteiger partial charge in [-0.05, 0) is 25.3 Å². The van der Waals surface area contributed by atoms with Crippen LogP contribution in [0.2, 0.25) is 0 Å². The van der Waals surface area contributed by atoms with Gasteiger partial charge in [-0.25, -0.2) is 5.01 Å². The molecular weight excluding hydrogens is 174 g/mol. The predicted molar refractivity (Wildman–Crippen MR) is 61.3 cm³/mol. The molecule has 0 aromatic rings. The van der Waals surface area contributed by atoms with E-state index in [0.29, 0.717) is 12.0 Å². The van der Waals surface area contributed by atoms with Crippen molar-refractivity contribution < 1.29 is 0 Å². The van der Waals surface area contributed by atoms with E-state index in [0.717, 1.165) is 18.7 Å². The van der Waals surface area contributed by atoms with E-state index in [2.05, 4.69) is 31.0 Å². The summed E-state index contributed by atoms with van der Waals surface area (Å²) >= 11 is 0. The Bertz CT molecular complexity index is 231. The van der Waals surface area contributed by atoms with E-state index in [4.69, 9.17) is 5.84 Å². The molecular formula is C11H21N3. The molecule has 0 aromatic heterocycles. The van der Waals surface area contributed by atoms with Crippen LogP contribution in [0, 0.1) is 5.92 Å². The molecule has 0 amide bonds. The lowest BCUT2D eigenvalue weighted by Gasteiger charge is -2.17. The third-order valence-electron chi connectivity index (χ3n) is 2.74. The second-order valence-corrected chi connectivity index (χ2v) is 4.08. The Balaban J connectivity index is 2.67. The van der Waals surface area contributed by atoms with Gasteiger partial charge in [-0.2, -0.15) is 0 Å². The van der Waals surface area contributed by atoms with Gasteiger partial charge in [0, 0.05) is 7.05 Å². The minimum Gasteiger partial charge on any atom is -0.285 e. The molecule has 0 radical (unpaired) electrons. The van der Waals surface area contributed by atoms with E-state index in [1.807, 2.05) is 7.05 Å². The lowest BCUT2D eigenvalue weighted by molar-refractivity contribution is 0.398. The van der Waals surface area contributed by atoms with Crippen LogP contribution in [0.25, 0.3) is 0 Å². The van der Waals surface area contributed by atoms with Crippen molar-refractivity contribution >= 4 is 5.71 Å². The smallest absolute Gasteiger partial charge is 0.0545 e. The van der Waals surface area contributed by atoms with Gasteiger partial charge >= 0.3 is 0 Å². The topological polar surface area (TPSA) is 41.6 Å². The molecule has 14 heavy (non-hydrogen) atoms. The van der Waals surface area contributed by atoms with Crippen molar-refractivity contribution in [3.8, 4) is 0 Å². The van der Waals surface area contributed by atoms with Crippen LogP contribution < -0.4 is 5.84 Å². The summed E-state index contributed by atoms with van der Waals surface area (Å²) in [5.41, 5.74) is 1.10. The van der Waals surface area contributed by atoms with Crippen LogP contribution in [0.15, 0.2) is 17.1 Å². The van der Waals surface area contributed by atoms with E-state index in [1.165, 1.54) is 6.42 Å². The SMILES string of the molecule is CCC1CC=CC(CN(C)N)=NC1C. The van der Waals surface area contributed by atoms with Crippen molar-refractivity contribution in [3.05, 3.63) is 12.2 Å². The summed E-state index contributed by atoms with van der Waals surface area (Å²) in [7, 11) is 1.86. The number of rotatable bonds is 3. The predicted octanol–water partition coefficient (Wildman–Crippen LogP) is 1.61. The molecule has 0 fully saturated rings. The molecule has 1 heterocycles. The second kappa shape index (κ2) is 5.27. The van der Waals surface area contributed by atoms with E-state index in [9.17, 15) is 0 Å². The van der Waals surface area contributed by atoms with E-state index in [-0.39, 0.29) is 0 Å². The highest BCUT2D eigenvalue weighted by molar-refractivity contribution is 5.96. The molecule has 80 valence electrons. The molecule has 1 aliphatic heterocycles. The number of hydrogen-bond acceptors (Lipinski definition) is 3. The standard InChI is InChI=1S/C11H21N3/c1-4-10-6-5-7-11(8-14(3)12)13-9(10)2/h5,7,9-10H,4,6,8,12H2,1-3H3. The quantitative estimate of drug-likeness (QED) is 0.549. The molecule has 1 aliphatic rings. The van der Waals surface area contributed by atoms with Gasteiger partial charge in [0.05, 0.1) is 18.3 Å². The van der Waals surface area contributed by atoms with Gasteiger partial charge < -0.3 is 0 Å². The highest BCUT2D eigenvalue weighted by Gasteiger charge is 2.16. The maximum atomic E-state index is 5.61. The maximum absolute atomic E-state index is 5.61. The molecule has 2 unspecified atom stereocenters. The first-order chi connectivity index (χ1) is 6.63. The normalized spacial score (nSPS) is 27.6. The first-order valence-electron chi connectivity index (χ1n) is 5.32. The maximum Gasteiger partial charge on any atom is 0.0545 e. The number of hydrazine groups is 1. The summed E-state index contributed by atoms with van der Waals surface area (Å²) in [6.45, 7) is 5.15. The van der Waals surface area contributed by atoms with E-state index < -0.39 is 0 Å². The summed E-state index contributed by atoms with van der Waals surface area (Å²) in [6, 6.07) is 0.421. The van der Waals surface area contributed by atoms with Gasteiger partial charge in [0.1, 0.15) is 0 Å². The molecule has 0 saturated carbocycles. The Morgan fingerprint density at radius 2 is 2.36 bits per heavy atom. The molecule has 2 N–H and O–H groups in total. The zero-order chi connectivity index (χ0) is 10.6. The molecule has 0 saturated heterocycles. The third kappa shape index (κ3) is 3.24. The van der Waals surface area contributed by atoms with Gasteiger partial charge in [-0.1, -0.05) is 19.4 Å². The summed E-state index contributed by atoms with van der Waals surface area (Å²) < 4.78 is 0. The van der Waals surface area contributed by atoms with E-state index in [1.54, 1.807) is 5.01 Å². The molecule has 0 aromatic carbocycles. The summed E-state index contributed by atoms with van der Waals surface area (Å²) in [5.74, 6) is 6.29. The Morgan fingerprint density at radius 3 is 2.93 bits per heavy atom. The Hall–Kier alpha value is -0.670. The van der Waals surface area contributed by atoms with Crippen molar-refractivity contribution in [2.45, 2.75) is 32.7 Å². The molecule has 0 bridgehead atoms. The van der Waals surface area contributed by atoms with Crippen molar-refractivity contribution in [1.82, 2.24) is 5.01 Å². The molecule has 2 atom stereocenters. The number of nitrogens with two attached hydrogens (primary N) is 1. The summed E-state index contributed by atoms with van der Waals surface area (Å²) in [5, 5.41) is 1.67. The summed E-state index contributed by atoms with van der Waals surface area (Å²) in [6.07, 6.45) is 6.66. The van der Waals surface area contributed by atoms with Crippen LogP contribution in [-0.4, -0.2) is 30.4 Å². The Labute approximate surface area is 86.7 Å². The molecule has 3 heteroatoms. The van der Waals surface area contributed by atoms with Gasteiger partial charge in [-0.15, -0.1) is 0 Å². The lowest BCUT2D eigenvalue weighted by Crippen LogP contribution is -2.31. The minimum atomic E-state index is 0.421. The fourth-order valence-corrected chi connectivity index (χ4v) is 1.84. The highest BCUT2D eigenvalue weighted by Crippen LogP contribution is 2.19. The second-order valence-electron chi connectivity index (χ2n) is 4.08. The zero-order valence-electron chi connectivity index (χ0n) is 9.40. The van der Waals surface area contributed by atoms with Gasteiger partial charge in [0.25, 0.3) is 0 Å². The zero-order valence-corrected chi connectivity index (χ0v) is 9.40. The van der Waals surface area contributed by atoms with Crippen molar-refractivity contribution in [3.63, 3.8) is 0 Å². The van der Waals surface area contributed by atoms with Gasteiger partial charge in [0.2, 0.25) is 0 Å². The van der Waals surface area contributed by atoms with Crippen LogP contribution in [0.5, 0.6) is 0 Å². The first kappa shape index (κ1) is 11.4. The number of allylic oxidation sites excluding steroid dienone is 1. The minimum absolute atomic E-state index is 0.421. The third-order valence-corrected chi connectivity index (χ3v) is 2.74. The van der Waals surface area contributed by atoms with E-state index >= 15 is 0 Å². The van der Waals surface area contributed by atoms with Crippen LogP contribution in [0.1, 0.15) is 26.7 Å². The first-order valence-corrected chi connectivity index (χ1v) is 5.32. The van der Waals surface area contributed by atoms with Crippen LogP contribution in [0.3, 0.4) is 0 Å². The largest absolute Gasteiger partial charge is 0.285 e. The molecule has 1 rings (SSSR count). The average Bonchev–Trinajstić information content (AvgIpc) is 2.25. The monoisotopic (exact) mass is 195 g/mol. The van der Waals surface area contributed by atoms with Gasteiger partial charge in [-0.3, -0.25) is 10.8 Å². The molecule has 0 spiro atoms. The fraction of sp³-hybridized carbons (Fsp3) is 0.727. The number of nitrogens with zero attached hydrogens (tertiary/aromatic N) is 2. The van der Waals surface area contributed by atoms with Crippen molar-refractivity contribution in [1.29, 1.82) is 0 Å². The fourth-order valence-electron chi connectivity index (χ4n) is 1.84. The summed E-state index contributed by atoms with van der Waals surface area (Å²) in [4.78, 5) is 4.68. The Morgan fingerprint density at radius 1 is 1.64 bits per heavy atom. The highest BCUT2D eigenvalue weighted by atomic mass is 15.4. The van der Waals surface area contributed by atoms with Crippen LogP contribution >= 0.6 is 0 Å². The van der Waals surface area contributed by atoms with Crippen molar-refractivity contribution in [2.75, 3.05) is 13.6 Å².